The van der Waals surface area contributed by atoms with E-state index in [0.717, 1.165) is 51.4 Å². The first-order chi connectivity index (χ1) is 20.4. The van der Waals surface area contributed by atoms with E-state index in [9.17, 15) is 0 Å². The summed E-state index contributed by atoms with van der Waals surface area (Å²) in [7, 11) is 2.19. The fraction of sp³-hybridized carbons (Fsp3) is 0.474. The highest BCUT2D eigenvalue weighted by atomic mass is 15.1. The lowest BCUT2D eigenvalue weighted by molar-refractivity contribution is -0.632. The molecule has 214 valence electrons. The third-order valence-electron chi connectivity index (χ3n) is 10.2. The van der Waals surface area contributed by atoms with Crippen LogP contribution >= 0.6 is 0 Å². The van der Waals surface area contributed by atoms with Crippen LogP contribution in [-0.2, 0) is 30.7 Å². The van der Waals surface area contributed by atoms with Gasteiger partial charge >= 0.3 is 0 Å². The van der Waals surface area contributed by atoms with E-state index in [1.807, 2.05) is 12.3 Å². The number of imidazole rings is 1. The molecule has 0 aliphatic carbocycles. The summed E-state index contributed by atoms with van der Waals surface area (Å²) in [5.41, 5.74) is 12.5. The molecule has 0 spiro atoms. The van der Waals surface area contributed by atoms with Crippen LogP contribution in [0.5, 0.6) is 0 Å². The Morgan fingerprint density at radius 1 is 0.878 bits per heavy atom. The van der Waals surface area contributed by atoms with Gasteiger partial charge in [0.1, 0.15) is 5.52 Å². The van der Waals surface area contributed by atoms with Crippen LogP contribution in [0.1, 0.15) is 98.6 Å². The van der Waals surface area contributed by atoms with Gasteiger partial charge in [-0.05, 0) is 85.3 Å². The first kappa shape index (κ1) is 24.4. The van der Waals surface area contributed by atoms with Crippen LogP contribution in [0.3, 0.4) is 0 Å². The van der Waals surface area contributed by atoms with Crippen LogP contribution in [0.15, 0.2) is 36.5 Å². The van der Waals surface area contributed by atoms with Crippen LogP contribution in [0.4, 0.5) is 0 Å². The van der Waals surface area contributed by atoms with Gasteiger partial charge in [0.25, 0.3) is 5.65 Å². The molecule has 1 aliphatic rings. The second kappa shape index (κ2) is 9.15. The maximum Gasteiger partial charge on any atom is 0.297 e. The molecular formula is C38H48N3+. The van der Waals surface area contributed by atoms with E-state index in [0.29, 0.717) is 17.4 Å². The van der Waals surface area contributed by atoms with Gasteiger partial charge in [0.2, 0.25) is 0 Å². The molecule has 6 rings (SSSR count). The first-order valence-corrected chi connectivity index (χ1v) is 15.3. The first-order valence-electron chi connectivity index (χ1n) is 16.8. The molecule has 0 saturated carbocycles. The van der Waals surface area contributed by atoms with Crippen LogP contribution < -0.4 is 4.57 Å². The zero-order chi connectivity index (χ0) is 32.3. The van der Waals surface area contributed by atoms with Gasteiger partial charge in [0.05, 0.1) is 23.3 Å². The summed E-state index contributed by atoms with van der Waals surface area (Å²) < 4.78 is 30.6. The summed E-state index contributed by atoms with van der Waals surface area (Å²) >= 11 is 0. The molecule has 0 unspecified atom stereocenters. The normalized spacial score (nSPS) is 17.2. The summed E-state index contributed by atoms with van der Waals surface area (Å²) in [4.78, 5) is 5.01. The van der Waals surface area contributed by atoms with Crippen molar-refractivity contribution in [2.75, 3.05) is 0 Å². The largest absolute Gasteiger partial charge is 0.297 e. The molecule has 4 heterocycles. The predicted octanol–water partition coefficient (Wildman–Crippen LogP) is 9.02. The van der Waals surface area contributed by atoms with Crippen LogP contribution in [-0.4, -0.2) is 9.38 Å². The van der Waals surface area contributed by atoms with Crippen molar-refractivity contribution in [3.63, 3.8) is 0 Å². The number of benzene rings is 2. The summed E-state index contributed by atoms with van der Waals surface area (Å²) in [6, 6.07) is 11.1. The second-order valence-corrected chi connectivity index (χ2v) is 14.6. The Morgan fingerprint density at radius 3 is 2.10 bits per heavy atom. The molecule has 2 aromatic carbocycles. The number of aromatic nitrogens is 3. The van der Waals surface area contributed by atoms with Gasteiger partial charge in [-0.1, -0.05) is 73.6 Å². The molecule has 41 heavy (non-hydrogen) atoms. The standard InChI is InChI=1S/C38H48N3/c1-21(2)15-26-17-27(16-22(3)4)19-28(18-26)33-35-38(10,11)37(8,9)29-14-13-23(5)30-32-31(25(7)24(6)20-39-32)36(40(33)12)41(35)34(29)30/h13-14,17-22H,15-16H2,1-12H3/q+1/i5D3. The molecule has 1 aliphatic heterocycles. The number of hydrogen-bond acceptors (Lipinski definition) is 1. The van der Waals surface area contributed by atoms with E-state index in [1.54, 1.807) is 0 Å². The SMILES string of the molecule is [2H]C([2H])([2H])c1ccc2c3c1c1ncc(C)c(C)c1c1n3c(c(-c3cc(CC(C)C)cc(CC(C)C)c3)[n+]1C)C(C)(C)C2(C)C. The van der Waals surface area contributed by atoms with Crippen molar-refractivity contribution in [1.82, 2.24) is 9.38 Å². The van der Waals surface area contributed by atoms with Crippen molar-refractivity contribution in [3.8, 4) is 11.3 Å². The van der Waals surface area contributed by atoms with Crippen LogP contribution in [0, 0.1) is 32.5 Å². The number of rotatable bonds is 5. The van der Waals surface area contributed by atoms with Crippen molar-refractivity contribution < 1.29 is 8.68 Å². The lowest BCUT2D eigenvalue weighted by Crippen LogP contribution is -2.44. The van der Waals surface area contributed by atoms with Crippen molar-refractivity contribution in [2.24, 2.45) is 18.9 Å². The highest BCUT2D eigenvalue weighted by Crippen LogP contribution is 2.53. The smallest absolute Gasteiger partial charge is 0.255 e. The zero-order valence-corrected chi connectivity index (χ0v) is 26.9. The topological polar surface area (TPSA) is 21.2 Å². The Morgan fingerprint density at radius 2 is 1.51 bits per heavy atom. The van der Waals surface area contributed by atoms with E-state index in [4.69, 9.17) is 9.10 Å². The lowest BCUT2D eigenvalue weighted by atomic mass is 9.60. The van der Waals surface area contributed by atoms with E-state index in [-0.39, 0.29) is 10.8 Å². The molecule has 0 amide bonds. The van der Waals surface area contributed by atoms with Gasteiger partial charge in [-0.15, -0.1) is 0 Å². The van der Waals surface area contributed by atoms with Crippen molar-refractivity contribution in [3.05, 3.63) is 75.6 Å². The van der Waals surface area contributed by atoms with Gasteiger partial charge in [0, 0.05) is 32.3 Å². The zero-order valence-electron chi connectivity index (χ0n) is 29.9. The monoisotopic (exact) mass is 549 g/mol. The molecule has 0 radical (unpaired) electrons. The molecule has 3 aromatic heterocycles. The molecular weight excluding hydrogens is 498 g/mol. The minimum absolute atomic E-state index is 0.279. The number of hydrogen-bond donors (Lipinski definition) is 0. The molecule has 0 N–H and O–H groups in total. The number of pyridine rings is 2. The van der Waals surface area contributed by atoms with E-state index < -0.39 is 6.85 Å². The Labute approximate surface area is 250 Å². The van der Waals surface area contributed by atoms with Crippen LogP contribution in [0.25, 0.3) is 38.7 Å². The Hall–Kier alpha value is -3.20. The minimum atomic E-state index is -2.27. The summed E-state index contributed by atoms with van der Waals surface area (Å²) in [6.07, 6.45) is 3.96. The van der Waals surface area contributed by atoms with Gasteiger partial charge in [-0.25, -0.2) is 4.57 Å². The molecule has 3 nitrogen and oxygen atoms in total. The van der Waals surface area contributed by atoms with E-state index >= 15 is 0 Å². The van der Waals surface area contributed by atoms with Crippen LogP contribution in [0.2, 0.25) is 0 Å². The Kier molecular flexibility index (Phi) is 5.45. The number of fused-ring (bicyclic) bond motifs is 3. The minimum Gasteiger partial charge on any atom is -0.255 e. The molecule has 5 aromatic rings. The van der Waals surface area contributed by atoms with Gasteiger partial charge in [-0.3, -0.25) is 4.98 Å². The molecule has 0 fully saturated rings. The molecule has 0 bridgehead atoms. The summed E-state index contributed by atoms with van der Waals surface area (Å²) in [5, 5.41) is 1.79. The Bertz CT molecular complexity index is 1960. The van der Waals surface area contributed by atoms with Crippen molar-refractivity contribution in [1.29, 1.82) is 0 Å². The maximum atomic E-state index is 8.58. The summed E-state index contributed by atoms with van der Waals surface area (Å²) in [5.74, 6) is 1.11. The molecule has 0 saturated heterocycles. The summed E-state index contributed by atoms with van der Waals surface area (Å²) in [6.45, 7) is 20.5. The fourth-order valence-electron chi connectivity index (χ4n) is 7.47. The van der Waals surface area contributed by atoms with Gasteiger partial charge in [0.15, 0.2) is 11.4 Å². The second-order valence-electron chi connectivity index (χ2n) is 14.6. The third-order valence-corrected chi connectivity index (χ3v) is 10.2. The van der Waals surface area contributed by atoms with Gasteiger partial charge < -0.3 is 0 Å². The third kappa shape index (κ3) is 3.84. The number of nitrogens with zero attached hydrogens (tertiary/aromatic N) is 3. The number of aryl methyl sites for hydroxylation is 4. The molecule has 0 atom stereocenters. The van der Waals surface area contributed by atoms with Crippen molar-refractivity contribution >= 4 is 27.5 Å². The fourth-order valence-corrected chi connectivity index (χ4v) is 7.47. The quantitative estimate of drug-likeness (QED) is 0.158. The molecule has 3 heteroatoms. The Balaban J connectivity index is 1.92. The predicted molar refractivity (Wildman–Crippen MR) is 174 cm³/mol. The average Bonchev–Trinajstić information content (AvgIpc) is 3.21. The highest BCUT2D eigenvalue weighted by molar-refractivity contribution is 6.13. The average molecular weight is 550 g/mol. The van der Waals surface area contributed by atoms with Gasteiger partial charge in [-0.2, -0.15) is 4.40 Å². The van der Waals surface area contributed by atoms with Crippen molar-refractivity contribution in [2.45, 2.75) is 99.8 Å². The lowest BCUT2D eigenvalue weighted by Gasteiger charge is -2.43. The van der Waals surface area contributed by atoms with E-state index in [2.05, 4.69) is 110 Å². The highest BCUT2D eigenvalue weighted by Gasteiger charge is 2.53. The maximum absolute atomic E-state index is 8.58. The van der Waals surface area contributed by atoms with E-state index in [1.165, 1.54) is 33.6 Å².